The monoisotopic (exact) mass is 346 g/mol. The summed E-state index contributed by atoms with van der Waals surface area (Å²) in [5.74, 6) is 1.41. The molecular weight excluding hydrogens is 328 g/mol. The summed E-state index contributed by atoms with van der Waals surface area (Å²) < 4.78 is 15.8. The predicted molar refractivity (Wildman–Crippen MR) is 92.2 cm³/mol. The van der Waals surface area contributed by atoms with Crippen LogP contribution in [-0.2, 0) is 6.54 Å². The van der Waals surface area contributed by atoms with Crippen LogP contribution in [0.1, 0.15) is 11.1 Å². The lowest BCUT2D eigenvalue weighted by Crippen LogP contribution is -1.97. The lowest BCUT2D eigenvalue weighted by Gasteiger charge is -2.13. The fraction of sp³-hybridized carbons (Fsp3) is 0.235. The zero-order valence-electron chi connectivity index (χ0n) is 14.1. The van der Waals surface area contributed by atoms with Gasteiger partial charge >= 0.3 is 0 Å². The van der Waals surface area contributed by atoms with E-state index >= 15 is 0 Å². The van der Waals surface area contributed by atoms with E-state index in [0.717, 1.165) is 5.56 Å². The Hall–Kier alpha value is -3.29. The van der Waals surface area contributed by atoms with Crippen LogP contribution in [0, 0.1) is 10.1 Å². The average molecular weight is 346 g/mol. The third-order valence-electron chi connectivity index (χ3n) is 3.45. The quantitative estimate of drug-likeness (QED) is 0.470. The summed E-state index contributed by atoms with van der Waals surface area (Å²) in [7, 11) is 4.56. The number of ether oxygens (including phenoxy) is 3. The SMILES string of the molecule is COc1cc(CN=Cc2cc([N+](=O)[O-])ccc2O)cc(OC)c1OC. The van der Waals surface area contributed by atoms with Crippen LogP contribution < -0.4 is 14.2 Å². The Balaban J connectivity index is 2.25. The molecule has 2 rings (SSSR count). The summed E-state index contributed by atoms with van der Waals surface area (Å²) in [5, 5.41) is 20.6. The van der Waals surface area contributed by atoms with Gasteiger partial charge < -0.3 is 19.3 Å². The van der Waals surface area contributed by atoms with Crippen molar-refractivity contribution in [3.05, 3.63) is 51.6 Å². The molecule has 8 nitrogen and oxygen atoms in total. The van der Waals surface area contributed by atoms with Crippen molar-refractivity contribution in [2.45, 2.75) is 6.54 Å². The standard InChI is InChI=1S/C17H18N2O6/c1-23-15-6-11(7-16(24-2)17(15)25-3)9-18-10-12-8-13(19(21)22)4-5-14(12)20/h4-8,10,20H,9H2,1-3H3. The number of aromatic hydroxyl groups is 1. The van der Waals surface area contributed by atoms with Crippen molar-refractivity contribution in [1.29, 1.82) is 0 Å². The largest absolute Gasteiger partial charge is 0.507 e. The number of nitrogens with zero attached hydrogens (tertiary/aromatic N) is 2. The first kappa shape index (κ1) is 18.1. The lowest BCUT2D eigenvalue weighted by molar-refractivity contribution is -0.384. The van der Waals surface area contributed by atoms with E-state index in [4.69, 9.17) is 14.2 Å². The Kier molecular flexibility index (Phi) is 5.78. The number of benzene rings is 2. The van der Waals surface area contributed by atoms with Crippen molar-refractivity contribution < 1.29 is 24.2 Å². The first-order chi connectivity index (χ1) is 12.0. The van der Waals surface area contributed by atoms with Gasteiger partial charge in [0.15, 0.2) is 11.5 Å². The molecule has 0 heterocycles. The van der Waals surface area contributed by atoms with Crippen molar-refractivity contribution in [1.82, 2.24) is 0 Å². The molecule has 0 unspecified atom stereocenters. The zero-order valence-corrected chi connectivity index (χ0v) is 14.1. The number of phenols is 1. The van der Waals surface area contributed by atoms with E-state index < -0.39 is 4.92 Å². The third kappa shape index (κ3) is 4.17. The van der Waals surface area contributed by atoms with E-state index in [1.807, 2.05) is 0 Å². The summed E-state index contributed by atoms with van der Waals surface area (Å²) in [6.07, 6.45) is 1.38. The van der Waals surface area contributed by atoms with Gasteiger partial charge in [0.1, 0.15) is 5.75 Å². The molecule has 0 amide bonds. The van der Waals surface area contributed by atoms with Crippen LogP contribution in [0.25, 0.3) is 0 Å². The highest BCUT2D eigenvalue weighted by Crippen LogP contribution is 2.38. The van der Waals surface area contributed by atoms with Crippen LogP contribution >= 0.6 is 0 Å². The van der Waals surface area contributed by atoms with E-state index in [1.165, 1.54) is 45.7 Å². The molecule has 0 bridgehead atoms. The molecule has 0 fully saturated rings. The second kappa shape index (κ2) is 8.00. The summed E-state index contributed by atoms with van der Waals surface area (Å²) >= 11 is 0. The van der Waals surface area contributed by atoms with Crippen molar-refractivity contribution >= 4 is 11.9 Å². The lowest BCUT2D eigenvalue weighted by atomic mass is 10.1. The Morgan fingerprint density at radius 3 is 2.28 bits per heavy atom. The van der Waals surface area contributed by atoms with Gasteiger partial charge in [-0.2, -0.15) is 0 Å². The number of nitro benzene ring substituents is 1. The molecule has 132 valence electrons. The molecule has 0 radical (unpaired) electrons. The molecular formula is C17H18N2O6. The van der Waals surface area contributed by atoms with Gasteiger partial charge in [-0.15, -0.1) is 0 Å². The van der Waals surface area contributed by atoms with Crippen molar-refractivity contribution in [2.24, 2.45) is 4.99 Å². The number of rotatable bonds is 7. The highest BCUT2D eigenvalue weighted by Gasteiger charge is 2.13. The molecule has 0 aliphatic rings. The molecule has 0 spiro atoms. The van der Waals surface area contributed by atoms with Crippen LogP contribution in [0.15, 0.2) is 35.3 Å². The normalized spacial score (nSPS) is 10.7. The van der Waals surface area contributed by atoms with Gasteiger partial charge in [0.25, 0.3) is 5.69 Å². The van der Waals surface area contributed by atoms with Crippen LogP contribution in [0.4, 0.5) is 5.69 Å². The van der Waals surface area contributed by atoms with Gasteiger partial charge in [0.2, 0.25) is 5.75 Å². The Labute approximate surface area is 144 Å². The van der Waals surface area contributed by atoms with E-state index in [1.54, 1.807) is 12.1 Å². The smallest absolute Gasteiger partial charge is 0.270 e. The summed E-state index contributed by atoms with van der Waals surface area (Å²) in [6.45, 7) is 0.263. The van der Waals surface area contributed by atoms with E-state index in [0.29, 0.717) is 17.2 Å². The summed E-state index contributed by atoms with van der Waals surface area (Å²) in [5.41, 5.74) is 0.935. The predicted octanol–water partition coefficient (Wildman–Crippen LogP) is 2.95. The Morgan fingerprint density at radius 1 is 1.12 bits per heavy atom. The van der Waals surface area contributed by atoms with Gasteiger partial charge in [-0.05, 0) is 23.8 Å². The fourth-order valence-electron chi connectivity index (χ4n) is 2.23. The van der Waals surface area contributed by atoms with Gasteiger partial charge in [-0.25, -0.2) is 0 Å². The summed E-state index contributed by atoms with van der Waals surface area (Å²) in [6, 6.07) is 7.26. The highest BCUT2D eigenvalue weighted by molar-refractivity contribution is 5.84. The first-order valence-corrected chi connectivity index (χ1v) is 7.26. The van der Waals surface area contributed by atoms with Gasteiger partial charge in [0, 0.05) is 23.9 Å². The number of hydrogen-bond donors (Lipinski definition) is 1. The number of non-ortho nitro benzene ring substituents is 1. The third-order valence-corrected chi connectivity index (χ3v) is 3.45. The Morgan fingerprint density at radius 2 is 1.76 bits per heavy atom. The van der Waals surface area contributed by atoms with E-state index in [-0.39, 0.29) is 23.5 Å². The molecule has 2 aromatic rings. The van der Waals surface area contributed by atoms with Crippen LogP contribution in [-0.4, -0.2) is 37.6 Å². The Bertz CT molecular complexity index is 779. The van der Waals surface area contributed by atoms with Crippen LogP contribution in [0.2, 0.25) is 0 Å². The van der Waals surface area contributed by atoms with Crippen molar-refractivity contribution in [3.63, 3.8) is 0 Å². The van der Waals surface area contributed by atoms with Gasteiger partial charge in [0.05, 0.1) is 32.8 Å². The molecule has 8 heteroatoms. The molecule has 0 aliphatic heterocycles. The maximum absolute atomic E-state index is 10.8. The maximum atomic E-state index is 10.8. The zero-order chi connectivity index (χ0) is 18.4. The van der Waals surface area contributed by atoms with Crippen LogP contribution in [0.5, 0.6) is 23.0 Å². The number of nitro groups is 1. The van der Waals surface area contributed by atoms with Gasteiger partial charge in [-0.3, -0.25) is 15.1 Å². The molecule has 2 aromatic carbocycles. The second-order valence-corrected chi connectivity index (χ2v) is 5.00. The molecule has 25 heavy (non-hydrogen) atoms. The molecule has 1 N–H and O–H groups in total. The molecule has 0 aliphatic carbocycles. The number of methoxy groups -OCH3 is 3. The summed E-state index contributed by atoms with van der Waals surface area (Å²) in [4.78, 5) is 14.5. The molecule has 0 atom stereocenters. The second-order valence-electron chi connectivity index (χ2n) is 5.00. The van der Waals surface area contributed by atoms with Crippen molar-refractivity contribution in [3.8, 4) is 23.0 Å². The van der Waals surface area contributed by atoms with Crippen LogP contribution in [0.3, 0.4) is 0 Å². The average Bonchev–Trinajstić information content (AvgIpc) is 2.62. The van der Waals surface area contributed by atoms with E-state index in [2.05, 4.69) is 4.99 Å². The number of hydrogen-bond acceptors (Lipinski definition) is 7. The highest BCUT2D eigenvalue weighted by atomic mass is 16.6. The molecule has 0 aromatic heterocycles. The van der Waals surface area contributed by atoms with Crippen molar-refractivity contribution in [2.75, 3.05) is 21.3 Å². The molecule has 0 saturated heterocycles. The minimum Gasteiger partial charge on any atom is -0.507 e. The number of phenolic OH excluding ortho intramolecular Hbond substituents is 1. The minimum atomic E-state index is -0.532. The van der Waals surface area contributed by atoms with E-state index in [9.17, 15) is 15.2 Å². The maximum Gasteiger partial charge on any atom is 0.270 e. The minimum absolute atomic E-state index is 0.0840. The fourth-order valence-corrected chi connectivity index (χ4v) is 2.23. The van der Waals surface area contributed by atoms with Gasteiger partial charge in [-0.1, -0.05) is 0 Å². The molecule has 0 saturated carbocycles. The first-order valence-electron chi connectivity index (χ1n) is 7.26. The topological polar surface area (TPSA) is 103 Å². The number of aliphatic imine (C=N–C) groups is 1.